The van der Waals surface area contributed by atoms with Crippen molar-refractivity contribution in [2.45, 2.75) is 79.7 Å². The Morgan fingerprint density at radius 2 is 1.37 bits per heavy atom. The smallest absolute Gasteiger partial charge is 0.320 e. The number of rotatable bonds is 9. The topological polar surface area (TPSA) is 116 Å². The third-order valence-electron chi connectivity index (χ3n) is 4.39. The minimum Gasteiger partial charge on any atom is -0.480 e. The lowest BCUT2D eigenvalue weighted by Crippen LogP contribution is -2.32. The fourth-order valence-corrected chi connectivity index (χ4v) is 2.49. The number of carbonyl (C=O) groups is 3. The van der Waals surface area contributed by atoms with E-state index in [1.165, 1.54) is 12.1 Å². The molecule has 0 heterocycles. The third kappa shape index (κ3) is 10.4. The van der Waals surface area contributed by atoms with Crippen LogP contribution >= 0.6 is 0 Å². The van der Waals surface area contributed by atoms with Crippen LogP contribution in [0, 0.1) is 10.8 Å². The molecule has 0 aromatic heterocycles. The lowest BCUT2D eigenvalue weighted by molar-refractivity contribution is -0.138. The van der Waals surface area contributed by atoms with Gasteiger partial charge < -0.3 is 20.3 Å². The van der Waals surface area contributed by atoms with Gasteiger partial charge in [-0.3, -0.25) is 14.4 Å². The molecule has 0 radical (unpaired) electrons. The van der Waals surface area contributed by atoms with E-state index in [-0.39, 0.29) is 41.6 Å². The monoisotopic (exact) mass is 421 g/mol. The van der Waals surface area contributed by atoms with Crippen molar-refractivity contribution >= 4 is 17.9 Å². The molecule has 1 rings (SSSR count). The molecule has 0 saturated carbocycles. The first-order chi connectivity index (χ1) is 13.7. The summed E-state index contributed by atoms with van der Waals surface area (Å²) in [6.07, 6.45) is 1.78. The minimum absolute atomic E-state index is 0.0158. The van der Waals surface area contributed by atoms with Gasteiger partial charge in [-0.2, -0.15) is 0 Å². The van der Waals surface area contributed by atoms with Gasteiger partial charge in [0.25, 0.3) is 0 Å². The van der Waals surface area contributed by atoms with Gasteiger partial charge in [-0.05, 0) is 47.8 Å². The van der Waals surface area contributed by atoms with Crippen molar-refractivity contribution in [2.24, 2.45) is 16.6 Å². The van der Waals surface area contributed by atoms with Gasteiger partial charge in [0.05, 0.1) is 0 Å². The van der Waals surface area contributed by atoms with E-state index in [4.69, 9.17) is 20.3 Å². The Kier molecular flexibility index (Phi) is 9.03. The minimum atomic E-state index is -1.13. The quantitative estimate of drug-likeness (QED) is 0.455. The first kappa shape index (κ1) is 25.6. The van der Waals surface area contributed by atoms with Crippen molar-refractivity contribution in [2.75, 3.05) is 0 Å². The molecule has 1 aromatic rings. The van der Waals surface area contributed by atoms with Crippen molar-refractivity contribution in [3.05, 3.63) is 23.8 Å². The van der Waals surface area contributed by atoms with E-state index in [0.29, 0.717) is 18.4 Å². The van der Waals surface area contributed by atoms with E-state index >= 15 is 0 Å². The normalized spacial score (nSPS) is 12.9. The Morgan fingerprint density at radius 3 is 1.80 bits per heavy atom. The molecule has 0 spiro atoms. The van der Waals surface area contributed by atoms with Gasteiger partial charge in [0.2, 0.25) is 0 Å². The second-order valence-electron chi connectivity index (χ2n) is 10.00. The van der Waals surface area contributed by atoms with E-state index in [1.54, 1.807) is 6.07 Å². The number of carboxylic acids is 1. The average Bonchev–Trinajstić information content (AvgIpc) is 2.59. The lowest BCUT2D eigenvalue weighted by Gasteiger charge is -2.18. The zero-order valence-electron chi connectivity index (χ0n) is 18.9. The molecule has 7 nitrogen and oxygen atoms in total. The Morgan fingerprint density at radius 1 is 0.900 bits per heavy atom. The van der Waals surface area contributed by atoms with Crippen LogP contribution in [-0.4, -0.2) is 29.1 Å². The predicted molar refractivity (Wildman–Crippen MR) is 114 cm³/mol. The zero-order valence-corrected chi connectivity index (χ0v) is 18.9. The molecule has 3 N–H and O–H groups in total. The Bertz CT molecular complexity index is 758. The Labute approximate surface area is 178 Å². The summed E-state index contributed by atoms with van der Waals surface area (Å²) in [6, 6.07) is 3.53. The number of hydrogen-bond acceptors (Lipinski definition) is 6. The molecule has 168 valence electrons. The van der Waals surface area contributed by atoms with Gasteiger partial charge >= 0.3 is 17.9 Å². The summed E-state index contributed by atoms with van der Waals surface area (Å²) in [4.78, 5) is 35.6. The second-order valence-corrected chi connectivity index (χ2v) is 10.00. The highest BCUT2D eigenvalue weighted by Gasteiger charge is 2.20. The van der Waals surface area contributed by atoms with E-state index in [0.717, 1.165) is 0 Å². The number of carbonyl (C=O) groups excluding carboxylic acids is 2. The van der Waals surface area contributed by atoms with E-state index < -0.39 is 23.9 Å². The number of carboxylic acid groups (broad SMARTS) is 1. The van der Waals surface area contributed by atoms with Gasteiger partial charge in [0, 0.05) is 12.8 Å². The van der Waals surface area contributed by atoms with E-state index in [9.17, 15) is 14.4 Å². The maximum Gasteiger partial charge on any atom is 0.320 e. The molecule has 1 atom stereocenters. The summed E-state index contributed by atoms with van der Waals surface area (Å²) in [5.74, 6) is -1.78. The van der Waals surface area contributed by atoms with Gasteiger partial charge in [-0.15, -0.1) is 0 Å². The molecule has 0 fully saturated rings. The van der Waals surface area contributed by atoms with Gasteiger partial charge in [0.1, 0.15) is 6.04 Å². The molecular formula is C23H35NO6. The fraction of sp³-hybridized carbons (Fsp3) is 0.609. The van der Waals surface area contributed by atoms with Crippen LogP contribution in [0.1, 0.15) is 72.8 Å². The second kappa shape index (κ2) is 10.6. The van der Waals surface area contributed by atoms with Crippen LogP contribution in [0.3, 0.4) is 0 Å². The molecule has 0 aliphatic rings. The number of ether oxygens (including phenoxy) is 2. The molecule has 30 heavy (non-hydrogen) atoms. The molecule has 0 bridgehead atoms. The Hall–Kier alpha value is -2.41. The van der Waals surface area contributed by atoms with Crippen LogP contribution in [0.2, 0.25) is 0 Å². The van der Waals surface area contributed by atoms with Crippen LogP contribution in [0.5, 0.6) is 11.5 Å². The van der Waals surface area contributed by atoms with Gasteiger partial charge in [0.15, 0.2) is 11.5 Å². The summed E-state index contributed by atoms with van der Waals surface area (Å²) in [5.41, 5.74) is 6.12. The summed E-state index contributed by atoms with van der Waals surface area (Å²) in [6.45, 7) is 12.2. The van der Waals surface area contributed by atoms with E-state index in [2.05, 4.69) is 0 Å². The van der Waals surface area contributed by atoms with Crippen LogP contribution in [0.25, 0.3) is 0 Å². The highest BCUT2D eigenvalue weighted by atomic mass is 16.6. The number of benzene rings is 1. The molecule has 0 unspecified atom stereocenters. The SMILES string of the molecule is CC(C)(C)CCC(=O)Oc1ccc(C[C@H](N)C(=O)O)cc1OC(=O)CCC(C)(C)C. The third-order valence-corrected chi connectivity index (χ3v) is 4.39. The summed E-state index contributed by atoms with van der Waals surface area (Å²) in [5, 5.41) is 9.02. The van der Waals surface area contributed by atoms with Crippen molar-refractivity contribution in [1.82, 2.24) is 0 Å². The van der Waals surface area contributed by atoms with Gasteiger partial charge in [-0.25, -0.2) is 0 Å². The van der Waals surface area contributed by atoms with Crippen molar-refractivity contribution < 1.29 is 29.0 Å². The highest BCUT2D eigenvalue weighted by molar-refractivity contribution is 5.77. The van der Waals surface area contributed by atoms with Crippen molar-refractivity contribution in [1.29, 1.82) is 0 Å². The standard InChI is InChI=1S/C23H35NO6/c1-22(2,3)11-9-19(25)29-17-8-7-15(13-16(24)21(27)28)14-18(17)30-20(26)10-12-23(4,5)6/h7-8,14,16H,9-13,24H2,1-6H3,(H,27,28)/t16-/m0/s1. The Balaban J connectivity index is 3.00. The molecular weight excluding hydrogens is 386 g/mol. The molecule has 0 amide bonds. The maximum absolute atomic E-state index is 12.3. The first-order valence-electron chi connectivity index (χ1n) is 10.2. The summed E-state index contributed by atoms with van der Waals surface area (Å²) < 4.78 is 10.9. The molecule has 0 saturated heterocycles. The molecule has 0 aliphatic carbocycles. The average molecular weight is 422 g/mol. The maximum atomic E-state index is 12.3. The van der Waals surface area contributed by atoms with Crippen molar-refractivity contribution in [3.63, 3.8) is 0 Å². The summed E-state index contributed by atoms with van der Waals surface area (Å²) >= 11 is 0. The van der Waals surface area contributed by atoms with Crippen LogP contribution in [-0.2, 0) is 20.8 Å². The van der Waals surface area contributed by atoms with E-state index in [1.807, 2.05) is 41.5 Å². The van der Waals surface area contributed by atoms with Crippen LogP contribution in [0.4, 0.5) is 0 Å². The first-order valence-corrected chi connectivity index (χ1v) is 10.2. The zero-order chi connectivity index (χ0) is 23.1. The predicted octanol–water partition coefficient (Wildman–Crippen LogP) is 4.10. The number of esters is 2. The highest BCUT2D eigenvalue weighted by Crippen LogP contribution is 2.31. The number of nitrogens with two attached hydrogens (primary N) is 1. The van der Waals surface area contributed by atoms with Crippen LogP contribution < -0.4 is 15.2 Å². The fourth-order valence-electron chi connectivity index (χ4n) is 2.49. The van der Waals surface area contributed by atoms with Crippen molar-refractivity contribution in [3.8, 4) is 11.5 Å². The van der Waals surface area contributed by atoms with Crippen LogP contribution in [0.15, 0.2) is 18.2 Å². The molecule has 0 aliphatic heterocycles. The largest absolute Gasteiger partial charge is 0.480 e. The molecule has 7 heteroatoms. The summed E-state index contributed by atoms with van der Waals surface area (Å²) in [7, 11) is 0. The number of aliphatic carboxylic acids is 1. The molecule has 1 aromatic carbocycles. The van der Waals surface area contributed by atoms with Gasteiger partial charge in [-0.1, -0.05) is 47.6 Å². The lowest BCUT2D eigenvalue weighted by atomic mass is 9.91. The number of hydrogen-bond donors (Lipinski definition) is 2.